The summed E-state index contributed by atoms with van der Waals surface area (Å²) in [6, 6.07) is 0. The van der Waals surface area contributed by atoms with Crippen LogP contribution in [-0.2, 0) is 8.85 Å². The molecule has 0 aliphatic rings. The monoisotopic (exact) mass is 364 g/mol. The van der Waals surface area contributed by atoms with Gasteiger partial charge in [0.05, 0.1) is 8.07 Å². The van der Waals surface area contributed by atoms with Gasteiger partial charge in [-0.2, -0.15) is 12.6 Å². The van der Waals surface area contributed by atoms with Gasteiger partial charge < -0.3 is 8.85 Å². The second kappa shape index (κ2) is 9.87. The molecule has 0 spiro atoms. The van der Waals surface area contributed by atoms with E-state index in [0.717, 1.165) is 32.5 Å². The van der Waals surface area contributed by atoms with Gasteiger partial charge in [0.25, 0.3) is 0 Å². The van der Waals surface area contributed by atoms with Crippen LogP contribution in [-0.4, -0.2) is 34.6 Å². The van der Waals surface area contributed by atoms with Crippen LogP contribution in [0.3, 0.4) is 0 Å². The first-order valence-corrected chi connectivity index (χ1v) is 14.4. The standard InChI is InChI=1S/C17H40O2SSi2/c1-9-11-13-18-21(19-14-12-10-2)17(20,22(6,7)8)15-16(3,4)5/h20-21H,9-15H2,1-8H3/t17-/m1/s1. The number of hydrogen-bond donors (Lipinski definition) is 1. The second-order valence-electron chi connectivity index (χ2n) is 8.69. The fourth-order valence-corrected chi connectivity index (χ4v) is 10.0. The average molecular weight is 365 g/mol. The highest BCUT2D eigenvalue weighted by molar-refractivity contribution is 7.86. The molecule has 0 unspecified atom stereocenters. The van der Waals surface area contributed by atoms with E-state index in [1.165, 1.54) is 12.8 Å². The smallest absolute Gasteiger partial charge is 0.334 e. The van der Waals surface area contributed by atoms with Gasteiger partial charge in [-0.3, -0.25) is 0 Å². The van der Waals surface area contributed by atoms with Crippen LogP contribution in [0.4, 0.5) is 0 Å². The molecule has 0 amide bonds. The fraction of sp³-hybridized carbons (Fsp3) is 1.00. The van der Waals surface area contributed by atoms with E-state index in [9.17, 15) is 0 Å². The Balaban J connectivity index is 5.23. The largest absolute Gasteiger partial charge is 0.396 e. The SMILES string of the molecule is CCCCO[SiH](OCCCC)[C@](S)(CC(C)(C)C)[Si](C)(C)C. The highest BCUT2D eigenvalue weighted by Gasteiger charge is 2.51. The van der Waals surface area contributed by atoms with E-state index >= 15 is 0 Å². The highest BCUT2D eigenvalue weighted by atomic mass is 32.1. The Morgan fingerprint density at radius 2 is 1.32 bits per heavy atom. The van der Waals surface area contributed by atoms with E-state index in [0.29, 0.717) is 0 Å². The molecule has 0 fully saturated rings. The van der Waals surface area contributed by atoms with E-state index in [1.54, 1.807) is 0 Å². The van der Waals surface area contributed by atoms with Gasteiger partial charge >= 0.3 is 9.28 Å². The van der Waals surface area contributed by atoms with Crippen molar-refractivity contribution in [3.8, 4) is 0 Å². The third-order valence-corrected chi connectivity index (χ3v) is 15.0. The van der Waals surface area contributed by atoms with E-state index in [-0.39, 0.29) is 9.41 Å². The Kier molecular flexibility index (Phi) is 10.2. The molecule has 1 atom stereocenters. The maximum atomic E-state index is 6.34. The van der Waals surface area contributed by atoms with E-state index in [4.69, 9.17) is 21.5 Å². The van der Waals surface area contributed by atoms with Crippen molar-refractivity contribution in [1.82, 2.24) is 0 Å². The van der Waals surface area contributed by atoms with Crippen LogP contribution in [0.5, 0.6) is 0 Å². The molecular weight excluding hydrogens is 324 g/mol. The Labute approximate surface area is 148 Å². The lowest BCUT2D eigenvalue weighted by Gasteiger charge is -2.46. The van der Waals surface area contributed by atoms with Gasteiger partial charge in [-0.15, -0.1) is 0 Å². The quantitative estimate of drug-likeness (QED) is 0.302. The molecule has 2 nitrogen and oxygen atoms in total. The predicted molar refractivity (Wildman–Crippen MR) is 108 cm³/mol. The molecule has 0 heterocycles. The molecular formula is C17H40O2SSi2. The minimum atomic E-state index is -1.83. The van der Waals surface area contributed by atoms with Crippen molar-refractivity contribution in [1.29, 1.82) is 0 Å². The summed E-state index contributed by atoms with van der Waals surface area (Å²) < 4.78 is 12.6. The van der Waals surface area contributed by atoms with Crippen LogP contribution in [0.25, 0.3) is 0 Å². The summed E-state index contributed by atoms with van der Waals surface area (Å²) in [5, 5.41) is 0. The Morgan fingerprint density at radius 3 is 1.59 bits per heavy atom. The van der Waals surface area contributed by atoms with Gasteiger partial charge in [0.1, 0.15) is 0 Å². The highest BCUT2D eigenvalue weighted by Crippen LogP contribution is 2.41. The maximum Gasteiger partial charge on any atom is 0.334 e. The Morgan fingerprint density at radius 1 is 0.909 bits per heavy atom. The molecule has 134 valence electrons. The molecule has 0 aliphatic carbocycles. The van der Waals surface area contributed by atoms with Crippen LogP contribution in [0.15, 0.2) is 0 Å². The number of hydrogen-bond acceptors (Lipinski definition) is 3. The lowest BCUT2D eigenvalue weighted by atomic mass is 9.93. The van der Waals surface area contributed by atoms with Crippen molar-refractivity contribution < 1.29 is 8.85 Å². The zero-order chi connectivity index (χ0) is 17.4. The summed E-state index contributed by atoms with van der Waals surface area (Å²) in [4.78, 5) is 0. The molecule has 0 radical (unpaired) electrons. The minimum Gasteiger partial charge on any atom is -0.396 e. The zero-order valence-corrected chi connectivity index (χ0v) is 19.3. The van der Waals surface area contributed by atoms with E-state index in [2.05, 4.69) is 54.3 Å². The number of thiol groups is 1. The van der Waals surface area contributed by atoms with Crippen LogP contribution in [0, 0.1) is 5.41 Å². The third-order valence-electron chi connectivity index (χ3n) is 4.02. The van der Waals surface area contributed by atoms with Gasteiger partial charge in [-0.1, -0.05) is 67.1 Å². The van der Waals surface area contributed by atoms with Gasteiger partial charge in [0.2, 0.25) is 0 Å². The Bertz CT molecular complexity index is 290. The first-order valence-electron chi connectivity index (χ1n) is 8.93. The van der Waals surface area contributed by atoms with Crippen LogP contribution in [0.2, 0.25) is 19.6 Å². The van der Waals surface area contributed by atoms with Crippen molar-refractivity contribution in [2.45, 2.75) is 90.4 Å². The molecule has 0 saturated heterocycles. The predicted octanol–water partition coefficient (Wildman–Crippen LogP) is 5.36. The molecule has 0 aromatic carbocycles. The molecule has 0 aliphatic heterocycles. The number of rotatable bonds is 11. The lowest BCUT2D eigenvalue weighted by molar-refractivity contribution is 0.179. The molecule has 0 saturated carbocycles. The van der Waals surface area contributed by atoms with Crippen molar-refractivity contribution >= 4 is 30.0 Å². The molecule has 0 N–H and O–H groups in total. The van der Waals surface area contributed by atoms with Crippen molar-refractivity contribution in [3.05, 3.63) is 0 Å². The summed E-state index contributed by atoms with van der Waals surface area (Å²) in [5.74, 6) is 0. The van der Waals surface area contributed by atoms with Gasteiger partial charge in [-0.05, 0) is 24.7 Å². The third kappa shape index (κ3) is 8.00. The Hall–Kier alpha value is 0.704. The summed E-state index contributed by atoms with van der Waals surface area (Å²) in [6.07, 6.45) is 5.65. The zero-order valence-electron chi connectivity index (χ0n) is 16.3. The minimum absolute atomic E-state index is 0.0350. The average Bonchev–Trinajstić information content (AvgIpc) is 2.33. The topological polar surface area (TPSA) is 18.5 Å². The summed E-state index contributed by atoms with van der Waals surface area (Å²) in [6.45, 7) is 20.2. The first-order chi connectivity index (χ1) is 9.98. The van der Waals surface area contributed by atoms with Crippen LogP contribution >= 0.6 is 12.6 Å². The molecule has 0 rings (SSSR count). The van der Waals surface area contributed by atoms with Gasteiger partial charge in [-0.25, -0.2) is 0 Å². The lowest BCUT2D eigenvalue weighted by Crippen LogP contribution is -2.62. The normalized spacial score (nSPS) is 16.1. The molecule has 22 heavy (non-hydrogen) atoms. The number of unbranched alkanes of at least 4 members (excludes halogenated alkanes) is 2. The van der Waals surface area contributed by atoms with Crippen molar-refractivity contribution in [3.63, 3.8) is 0 Å². The van der Waals surface area contributed by atoms with Crippen LogP contribution < -0.4 is 0 Å². The summed E-state index contributed by atoms with van der Waals surface area (Å²) >= 11 is 5.27. The van der Waals surface area contributed by atoms with E-state index in [1.807, 2.05) is 0 Å². The van der Waals surface area contributed by atoms with Gasteiger partial charge in [0.15, 0.2) is 0 Å². The molecule has 5 heteroatoms. The van der Waals surface area contributed by atoms with Crippen molar-refractivity contribution in [2.24, 2.45) is 5.41 Å². The maximum absolute atomic E-state index is 6.34. The first kappa shape index (κ1) is 22.7. The van der Waals surface area contributed by atoms with Gasteiger partial charge in [0, 0.05) is 17.2 Å². The summed E-state index contributed by atoms with van der Waals surface area (Å²) in [5.41, 5.74) is 0.246. The fourth-order valence-electron chi connectivity index (χ4n) is 2.50. The van der Waals surface area contributed by atoms with Crippen LogP contribution in [0.1, 0.15) is 66.7 Å². The second-order valence-corrected chi connectivity index (χ2v) is 18.7. The van der Waals surface area contributed by atoms with Crippen molar-refractivity contribution in [2.75, 3.05) is 13.2 Å². The summed E-state index contributed by atoms with van der Waals surface area (Å²) in [7, 11) is -3.35. The van der Waals surface area contributed by atoms with E-state index < -0.39 is 17.4 Å². The molecule has 0 bridgehead atoms. The molecule has 0 aromatic rings. The molecule has 0 aromatic heterocycles.